The highest BCUT2D eigenvalue weighted by Crippen LogP contribution is 2.27. The number of nitrogens with two attached hydrogens (primary N) is 1. The molecule has 0 aliphatic heterocycles. The van der Waals surface area contributed by atoms with Gasteiger partial charge in [-0.1, -0.05) is 12.1 Å². The first kappa shape index (κ1) is 23.5. The average Bonchev–Trinajstić information content (AvgIpc) is 3.15. The Morgan fingerprint density at radius 2 is 1.96 bits per heavy atom. The normalized spacial score (nSPS) is 12.4. The lowest BCUT2D eigenvalue weighted by molar-refractivity contribution is 0.310. The van der Waals surface area contributed by atoms with Crippen LogP contribution >= 0.6 is 35.3 Å². The van der Waals surface area contributed by atoms with E-state index in [1.807, 2.05) is 18.2 Å². The third kappa shape index (κ3) is 7.19. The highest BCUT2D eigenvalue weighted by molar-refractivity contribution is 14.0. The average molecular weight is 504 g/mol. The molecule has 2 aromatic rings. The van der Waals surface area contributed by atoms with Gasteiger partial charge >= 0.3 is 0 Å². The third-order valence-electron chi connectivity index (χ3n) is 4.10. The van der Waals surface area contributed by atoms with Gasteiger partial charge in [0.05, 0.1) is 26.8 Å². The van der Waals surface area contributed by atoms with Gasteiger partial charge in [-0.25, -0.2) is 0 Å². The zero-order valence-electron chi connectivity index (χ0n) is 16.3. The van der Waals surface area contributed by atoms with Crippen molar-refractivity contribution in [1.29, 1.82) is 0 Å². The molecule has 1 unspecified atom stereocenters. The number of likely N-dealkylation sites (N-methyl/N-ethyl adjacent to an activating group) is 1. The molecule has 2 rings (SSSR count). The van der Waals surface area contributed by atoms with E-state index in [9.17, 15) is 0 Å². The number of nitrogens with zero attached hydrogens (tertiary/aromatic N) is 2. The summed E-state index contributed by atoms with van der Waals surface area (Å²) in [6.45, 7) is 1.33. The number of hydrogen-bond donors (Lipinski definition) is 2. The fourth-order valence-electron chi connectivity index (χ4n) is 2.60. The first-order chi connectivity index (χ1) is 12.5. The van der Waals surface area contributed by atoms with Gasteiger partial charge in [0.1, 0.15) is 0 Å². The number of hydrogen-bond acceptors (Lipinski definition) is 5. The predicted octanol–water partition coefficient (Wildman–Crippen LogP) is 3.13. The minimum Gasteiger partial charge on any atom is -0.493 e. The van der Waals surface area contributed by atoms with Crippen LogP contribution in [0.2, 0.25) is 0 Å². The maximum absolute atomic E-state index is 6.02. The van der Waals surface area contributed by atoms with E-state index in [-0.39, 0.29) is 30.0 Å². The van der Waals surface area contributed by atoms with Crippen molar-refractivity contribution >= 4 is 41.3 Å². The summed E-state index contributed by atoms with van der Waals surface area (Å²) < 4.78 is 10.6. The highest BCUT2D eigenvalue weighted by Gasteiger charge is 2.14. The van der Waals surface area contributed by atoms with Crippen molar-refractivity contribution < 1.29 is 9.47 Å². The minimum atomic E-state index is 0. The largest absolute Gasteiger partial charge is 0.493 e. The predicted molar refractivity (Wildman–Crippen MR) is 124 cm³/mol. The van der Waals surface area contributed by atoms with Gasteiger partial charge in [-0.05, 0) is 49.7 Å². The first-order valence-electron chi connectivity index (χ1n) is 8.49. The summed E-state index contributed by atoms with van der Waals surface area (Å²) in [6.07, 6.45) is 0.818. The Labute approximate surface area is 182 Å². The molecule has 3 N–H and O–H groups in total. The van der Waals surface area contributed by atoms with Crippen LogP contribution in [0.5, 0.6) is 11.5 Å². The maximum atomic E-state index is 6.02. The minimum absolute atomic E-state index is 0. The Morgan fingerprint density at radius 3 is 2.56 bits per heavy atom. The van der Waals surface area contributed by atoms with Gasteiger partial charge in [-0.15, -0.1) is 35.3 Å². The number of thiophene rings is 1. The molecule has 0 amide bonds. The molecule has 0 saturated heterocycles. The van der Waals surface area contributed by atoms with E-state index in [4.69, 9.17) is 15.2 Å². The standard InChI is InChI=1S/C19H28N4O2S.HI/c1-23(2)15(18-6-5-11-26-18)13-22-19(20)21-10-9-14-7-8-16(24-3)17(12-14)25-4;/h5-8,11-12,15H,9-10,13H2,1-4H3,(H3,20,21,22);1H. The number of methoxy groups -OCH3 is 2. The van der Waals surface area contributed by atoms with Crippen molar-refractivity contribution in [3.05, 3.63) is 46.2 Å². The second-order valence-electron chi connectivity index (χ2n) is 6.09. The highest BCUT2D eigenvalue weighted by atomic mass is 127. The SMILES string of the molecule is COc1ccc(CCNC(N)=NCC(c2cccs2)N(C)C)cc1OC.I. The summed E-state index contributed by atoms with van der Waals surface area (Å²) >= 11 is 1.74. The van der Waals surface area contributed by atoms with Crippen LogP contribution in [0.1, 0.15) is 16.5 Å². The van der Waals surface area contributed by atoms with Gasteiger partial charge in [0.25, 0.3) is 0 Å². The number of nitrogens with one attached hydrogen (secondary N) is 1. The summed E-state index contributed by atoms with van der Waals surface area (Å²) in [5.41, 5.74) is 7.17. The smallest absolute Gasteiger partial charge is 0.188 e. The Hall–Kier alpha value is -1.52. The Morgan fingerprint density at radius 1 is 1.22 bits per heavy atom. The molecule has 0 radical (unpaired) electrons. The van der Waals surface area contributed by atoms with E-state index in [0.29, 0.717) is 19.0 Å². The summed E-state index contributed by atoms with van der Waals surface area (Å²) in [4.78, 5) is 7.95. The molecule has 150 valence electrons. The quantitative estimate of drug-likeness (QED) is 0.312. The molecular weight excluding hydrogens is 475 g/mol. The lowest BCUT2D eigenvalue weighted by atomic mass is 10.1. The van der Waals surface area contributed by atoms with Crippen molar-refractivity contribution in [1.82, 2.24) is 10.2 Å². The van der Waals surface area contributed by atoms with Crippen molar-refractivity contribution in [3.63, 3.8) is 0 Å². The van der Waals surface area contributed by atoms with Gasteiger partial charge in [0, 0.05) is 11.4 Å². The fourth-order valence-corrected chi connectivity index (χ4v) is 3.51. The van der Waals surface area contributed by atoms with E-state index >= 15 is 0 Å². The molecule has 8 heteroatoms. The van der Waals surface area contributed by atoms with Crippen LogP contribution < -0.4 is 20.5 Å². The Balaban J connectivity index is 0.00000364. The summed E-state index contributed by atoms with van der Waals surface area (Å²) in [6, 6.07) is 10.3. The number of halogens is 1. The van der Waals surface area contributed by atoms with Crippen molar-refractivity contribution in [2.24, 2.45) is 10.7 Å². The first-order valence-corrected chi connectivity index (χ1v) is 9.37. The molecule has 1 aromatic carbocycles. The second-order valence-corrected chi connectivity index (χ2v) is 7.07. The molecule has 0 aliphatic rings. The van der Waals surface area contributed by atoms with Crippen LogP contribution in [0.4, 0.5) is 0 Å². The third-order valence-corrected chi connectivity index (χ3v) is 5.07. The molecule has 1 atom stereocenters. The number of rotatable bonds is 9. The van der Waals surface area contributed by atoms with E-state index in [2.05, 4.69) is 46.8 Å². The van der Waals surface area contributed by atoms with Gasteiger partial charge in [-0.2, -0.15) is 0 Å². The van der Waals surface area contributed by atoms with Gasteiger partial charge in [0.15, 0.2) is 17.5 Å². The van der Waals surface area contributed by atoms with Crippen LogP contribution in [-0.2, 0) is 6.42 Å². The molecule has 0 spiro atoms. The number of guanidine groups is 1. The van der Waals surface area contributed by atoms with Crippen LogP contribution in [0, 0.1) is 0 Å². The van der Waals surface area contributed by atoms with E-state index in [1.54, 1.807) is 25.6 Å². The van der Waals surface area contributed by atoms with Gasteiger partial charge < -0.3 is 25.4 Å². The molecule has 0 fully saturated rings. The van der Waals surface area contributed by atoms with Gasteiger partial charge in [-0.3, -0.25) is 4.99 Å². The lowest BCUT2D eigenvalue weighted by Gasteiger charge is -2.21. The monoisotopic (exact) mass is 504 g/mol. The summed E-state index contributed by atoms with van der Waals surface area (Å²) in [7, 11) is 7.38. The second kappa shape index (κ2) is 12.0. The van der Waals surface area contributed by atoms with Gasteiger partial charge in [0.2, 0.25) is 0 Å². The fraction of sp³-hybridized carbons (Fsp3) is 0.421. The number of benzene rings is 1. The molecule has 0 bridgehead atoms. The maximum Gasteiger partial charge on any atom is 0.188 e. The van der Waals surface area contributed by atoms with Crippen LogP contribution in [0.3, 0.4) is 0 Å². The molecule has 0 saturated carbocycles. The van der Waals surface area contributed by atoms with Crippen LogP contribution in [-0.4, -0.2) is 52.3 Å². The number of ether oxygens (including phenoxy) is 2. The van der Waals surface area contributed by atoms with Crippen LogP contribution in [0.15, 0.2) is 40.7 Å². The molecule has 1 heterocycles. The zero-order chi connectivity index (χ0) is 18.9. The van der Waals surface area contributed by atoms with Crippen molar-refractivity contribution in [2.45, 2.75) is 12.5 Å². The number of aliphatic imine (C=N–C) groups is 1. The lowest BCUT2D eigenvalue weighted by Crippen LogP contribution is -2.34. The molecule has 1 aromatic heterocycles. The van der Waals surface area contributed by atoms with Crippen molar-refractivity contribution in [2.75, 3.05) is 41.4 Å². The summed E-state index contributed by atoms with van der Waals surface area (Å²) in [5.74, 6) is 1.93. The molecular formula is C19H29IN4O2S. The Kier molecular flexibility index (Phi) is 10.5. The van der Waals surface area contributed by atoms with E-state index in [0.717, 1.165) is 23.5 Å². The molecule has 0 aliphatic carbocycles. The molecule has 6 nitrogen and oxygen atoms in total. The molecule has 27 heavy (non-hydrogen) atoms. The Bertz CT molecular complexity index is 708. The van der Waals surface area contributed by atoms with E-state index < -0.39 is 0 Å². The van der Waals surface area contributed by atoms with Crippen LogP contribution in [0.25, 0.3) is 0 Å². The van der Waals surface area contributed by atoms with E-state index in [1.165, 1.54) is 4.88 Å². The zero-order valence-corrected chi connectivity index (χ0v) is 19.4. The topological polar surface area (TPSA) is 72.1 Å². The summed E-state index contributed by atoms with van der Waals surface area (Å²) in [5, 5.41) is 5.26. The van der Waals surface area contributed by atoms with Crippen molar-refractivity contribution in [3.8, 4) is 11.5 Å².